The Hall–Kier alpha value is -2.51. The summed E-state index contributed by atoms with van der Waals surface area (Å²) in [6.07, 6.45) is 2.12. The normalized spacial score (nSPS) is 13.6. The summed E-state index contributed by atoms with van der Waals surface area (Å²) in [6, 6.07) is 5.39. The van der Waals surface area contributed by atoms with Gasteiger partial charge in [0.05, 0.1) is 30.5 Å². The molecule has 1 aromatic carbocycles. The molecule has 2 aromatic rings. The van der Waals surface area contributed by atoms with Crippen molar-refractivity contribution in [1.29, 1.82) is 0 Å². The van der Waals surface area contributed by atoms with Gasteiger partial charge in [0.2, 0.25) is 0 Å². The van der Waals surface area contributed by atoms with Crippen LogP contribution in [0.5, 0.6) is 0 Å². The van der Waals surface area contributed by atoms with Gasteiger partial charge in [0.15, 0.2) is 6.29 Å². The number of nitrogens with one attached hydrogen (secondary N) is 1. The highest BCUT2D eigenvalue weighted by molar-refractivity contribution is 5.85. The summed E-state index contributed by atoms with van der Waals surface area (Å²) in [7, 11) is 1.95. The van der Waals surface area contributed by atoms with E-state index in [2.05, 4.69) is 10.3 Å². The number of pyridine rings is 1. The zero-order valence-electron chi connectivity index (χ0n) is 13.7. The van der Waals surface area contributed by atoms with Gasteiger partial charge in [0.25, 0.3) is 0 Å². The van der Waals surface area contributed by atoms with Crippen molar-refractivity contribution in [1.82, 2.24) is 10.3 Å². The number of nitrogen functional groups attached to an aromatic ring is 2. The van der Waals surface area contributed by atoms with Crippen molar-refractivity contribution >= 4 is 17.8 Å². The summed E-state index contributed by atoms with van der Waals surface area (Å²) in [5.74, 6) is -0.306. The summed E-state index contributed by atoms with van der Waals surface area (Å²) < 4.78 is 18.6. The van der Waals surface area contributed by atoms with Gasteiger partial charge in [0.1, 0.15) is 11.6 Å². The number of nitrogens with two attached hydrogens (primary N) is 2. The molecule has 0 aliphatic carbocycles. The predicted octanol–water partition coefficient (Wildman–Crippen LogP) is 1.78. The maximum absolute atomic E-state index is 13.7. The monoisotopic (exact) mass is 332 g/mol. The van der Waals surface area contributed by atoms with Crippen molar-refractivity contribution in [2.75, 3.05) is 31.7 Å². The molecule has 1 aliphatic heterocycles. The third-order valence-electron chi connectivity index (χ3n) is 3.85. The molecule has 7 heteroatoms. The number of halogens is 1. The molecule has 6 nitrogen and oxygen atoms in total. The standard InChI is InChI=1S/C13H12FN3O.C4H9NO/c1-7-10(2-3-11(15)12(7)14)8-4-9(6-18)13(16)17-5-8;1-5-4-2-6-3-4/h2-6H,15H2,1H3,(H2,16,17);4-5H,2-3H2,1H3. The number of carbonyl (C=O) groups excluding carboxylic acids is 1. The van der Waals surface area contributed by atoms with Crippen molar-refractivity contribution in [2.24, 2.45) is 0 Å². The van der Waals surface area contributed by atoms with E-state index in [1.54, 1.807) is 19.1 Å². The van der Waals surface area contributed by atoms with Gasteiger partial charge in [0, 0.05) is 11.8 Å². The first-order valence-electron chi connectivity index (χ1n) is 7.48. The van der Waals surface area contributed by atoms with Gasteiger partial charge >= 0.3 is 0 Å². The van der Waals surface area contributed by atoms with Crippen molar-refractivity contribution < 1.29 is 13.9 Å². The lowest BCUT2D eigenvalue weighted by Crippen LogP contribution is -2.43. The van der Waals surface area contributed by atoms with Crippen LogP contribution in [0.2, 0.25) is 0 Å². The molecule has 0 saturated carbocycles. The molecule has 24 heavy (non-hydrogen) atoms. The second-order valence-corrected chi connectivity index (χ2v) is 5.48. The number of benzene rings is 1. The predicted molar refractivity (Wildman–Crippen MR) is 92.2 cm³/mol. The minimum Gasteiger partial charge on any atom is -0.396 e. The van der Waals surface area contributed by atoms with Crippen LogP contribution < -0.4 is 16.8 Å². The summed E-state index contributed by atoms with van der Waals surface area (Å²) in [5.41, 5.74) is 13.1. The summed E-state index contributed by atoms with van der Waals surface area (Å²) in [5, 5.41) is 3.08. The molecule has 1 saturated heterocycles. The zero-order chi connectivity index (χ0) is 17.7. The molecule has 1 fully saturated rings. The van der Waals surface area contributed by atoms with Crippen LogP contribution in [-0.2, 0) is 4.74 Å². The first-order valence-corrected chi connectivity index (χ1v) is 7.48. The summed E-state index contributed by atoms with van der Waals surface area (Å²) >= 11 is 0. The van der Waals surface area contributed by atoms with E-state index in [1.807, 2.05) is 7.05 Å². The lowest BCUT2D eigenvalue weighted by molar-refractivity contribution is -0.00169. The van der Waals surface area contributed by atoms with Gasteiger partial charge in [-0.2, -0.15) is 0 Å². The van der Waals surface area contributed by atoms with Crippen molar-refractivity contribution in [3.8, 4) is 11.1 Å². The number of ether oxygens (including phenoxy) is 1. The Morgan fingerprint density at radius 2 is 2.08 bits per heavy atom. The van der Waals surface area contributed by atoms with Crippen LogP contribution in [0.1, 0.15) is 15.9 Å². The Bertz CT molecular complexity index is 730. The zero-order valence-corrected chi connectivity index (χ0v) is 13.7. The smallest absolute Gasteiger partial charge is 0.153 e. The van der Waals surface area contributed by atoms with Gasteiger partial charge in [-0.1, -0.05) is 6.07 Å². The van der Waals surface area contributed by atoms with Crippen LogP contribution >= 0.6 is 0 Å². The van der Waals surface area contributed by atoms with Gasteiger partial charge in [-0.05, 0) is 37.2 Å². The number of anilines is 2. The SMILES string of the molecule is CNC1COC1.Cc1c(-c2cnc(N)c(C=O)c2)ccc(N)c1F. The van der Waals surface area contributed by atoms with E-state index in [0.717, 1.165) is 13.2 Å². The number of nitrogens with zero attached hydrogens (tertiary/aromatic N) is 1. The Balaban J connectivity index is 0.000000292. The Labute approximate surface area is 140 Å². The molecule has 0 spiro atoms. The fourth-order valence-electron chi connectivity index (χ4n) is 2.16. The molecule has 0 amide bonds. The molecule has 0 radical (unpaired) electrons. The highest BCUT2D eigenvalue weighted by Crippen LogP contribution is 2.28. The molecule has 3 rings (SSSR count). The first kappa shape index (κ1) is 17.8. The highest BCUT2D eigenvalue weighted by Gasteiger charge is 2.14. The van der Waals surface area contributed by atoms with Gasteiger partial charge < -0.3 is 21.5 Å². The van der Waals surface area contributed by atoms with E-state index in [-0.39, 0.29) is 17.1 Å². The van der Waals surface area contributed by atoms with E-state index in [1.165, 1.54) is 12.3 Å². The molecular weight excluding hydrogens is 311 g/mol. The second kappa shape index (κ2) is 7.85. The third-order valence-corrected chi connectivity index (χ3v) is 3.85. The van der Waals surface area contributed by atoms with Gasteiger partial charge in [-0.3, -0.25) is 4.79 Å². The number of carbonyl (C=O) groups is 1. The topological polar surface area (TPSA) is 103 Å². The molecule has 128 valence electrons. The number of aromatic nitrogens is 1. The van der Waals surface area contributed by atoms with Crippen molar-refractivity contribution in [3.63, 3.8) is 0 Å². The second-order valence-electron chi connectivity index (χ2n) is 5.48. The fraction of sp³-hybridized carbons (Fsp3) is 0.294. The van der Waals surface area contributed by atoms with E-state index < -0.39 is 5.82 Å². The first-order chi connectivity index (χ1) is 11.5. The molecule has 1 aliphatic rings. The largest absolute Gasteiger partial charge is 0.396 e. The van der Waals surface area contributed by atoms with E-state index >= 15 is 0 Å². The number of hydrogen-bond acceptors (Lipinski definition) is 6. The van der Waals surface area contributed by atoms with Crippen LogP contribution in [0.4, 0.5) is 15.9 Å². The Morgan fingerprint density at radius 3 is 2.58 bits per heavy atom. The number of aldehydes is 1. The average molecular weight is 332 g/mol. The van der Waals surface area contributed by atoms with Gasteiger partial charge in [-0.25, -0.2) is 9.37 Å². The lowest BCUT2D eigenvalue weighted by Gasteiger charge is -2.24. The molecule has 1 aromatic heterocycles. The molecule has 0 atom stereocenters. The number of rotatable bonds is 3. The minimum absolute atomic E-state index is 0.0928. The van der Waals surface area contributed by atoms with E-state index in [0.29, 0.717) is 29.0 Å². The Morgan fingerprint density at radius 1 is 1.38 bits per heavy atom. The Kier molecular flexibility index (Phi) is 5.83. The highest BCUT2D eigenvalue weighted by atomic mass is 19.1. The molecular formula is C17H21FN4O2. The average Bonchev–Trinajstić information content (AvgIpc) is 2.53. The van der Waals surface area contributed by atoms with Crippen LogP contribution in [0.15, 0.2) is 24.4 Å². The maximum atomic E-state index is 13.7. The quantitative estimate of drug-likeness (QED) is 0.585. The summed E-state index contributed by atoms with van der Waals surface area (Å²) in [6.45, 7) is 3.42. The van der Waals surface area contributed by atoms with Crippen molar-refractivity contribution in [3.05, 3.63) is 41.3 Å². The molecule has 5 N–H and O–H groups in total. The van der Waals surface area contributed by atoms with Crippen molar-refractivity contribution in [2.45, 2.75) is 13.0 Å². The summed E-state index contributed by atoms with van der Waals surface area (Å²) in [4.78, 5) is 14.7. The van der Waals surface area contributed by atoms with E-state index in [9.17, 15) is 9.18 Å². The molecule has 2 heterocycles. The van der Waals surface area contributed by atoms with Crippen LogP contribution in [0.25, 0.3) is 11.1 Å². The lowest BCUT2D eigenvalue weighted by atomic mass is 10.00. The molecule has 0 bridgehead atoms. The molecule has 0 unspecified atom stereocenters. The van der Waals surface area contributed by atoms with E-state index in [4.69, 9.17) is 16.2 Å². The number of hydrogen-bond donors (Lipinski definition) is 3. The fourth-order valence-corrected chi connectivity index (χ4v) is 2.16. The number of likely N-dealkylation sites (N-methyl/N-ethyl adjacent to an activating group) is 1. The van der Waals surface area contributed by atoms with Crippen LogP contribution in [0, 0.1) is 12.7 Å². The third kappa shape index (κ3) is 3.87. The van der Waals surface area contributed by atoms with Gasteiger partial charge in [-0.15, -0.1) is 0 Å². The van der Waals surface area contributed by atoms with Crippen LogP contribution in [-0.4, -0.2) is 37.6 Å². The maximum Gasteiger partial charge on any atom is 0.153 e. The minimum atomic E-state index is -0.461. The van der Waals surface area contributed by atoms with Crippen LogP contribution in [0.3, 0.4) is 0 Å².